The molecule has 0 radical (unpaired) electrons. The molecule has 1 aromatic carbocycles. The van der Waals surface area contributed by atoms with Crippen LogP contribution in [0.2, 0.25) is 0 Å². The molecule has 0 aliphatic carbocycles. The summed E-state index contributed by atoms with van der Waals surface area (Å²) in [6, 6.07) is 6.32. The van der Waals surface area contributed by atoms with Crippen molar-refractivity contribution in [1.29, 1.82) is 0 Å². The molecular formula is C13H17NO2. The lowest BCUT2D eigenvalue weighted by Gasteiger charge is -2.22. The molecule has 0 bridgehead atoms. The predicted molar refractivity (Wildman–Crippen MR) is 61.9 cm³/mol. The summed E-state index contributed by atoms with van der Waals surface area (Å²) >= 11 is 0. The molecule has 1 saturated heterocycles. The number of hydrogen-bond donors (Lipinski definition) is 1. The van der Waals surface area contributed by atoms with E-state index in [1.807, 2.05) is 6.07 Å². The quantitative estimate of drug-likeness (QED) is 0.824. The van der Waals surface area contributed by atoms with Gasteiger partial charge in [0.2, 0.25) is 6.79 Å². The van der Waals surface area contributed by atoms with Crippen LogP contribution in [0, 0.1) is 5.92 Å². The van der Waals surface area contributed by atoms with Gasteiger partial charge in [0.25, 0.3) is 0 Å². The summed E-state index contributed by atoms with van der Waals surface area (Å²) in [5.74, 6) is 2.61. The summed E-state index contributed by atoms with van der Waals surface area (Å²) in [6.07, 6.45) is 3.74. The zero-order valence-corrected chi connectivity index (χ0v) is 9.37. The summed E-state index contributed by atoms with van der Waals surface area (Å²) in [7, 11) is 0. The molecule has 1 fully saturated rings. The fraction of sp³-hybridized carbons (Fsp3) is 0.538. The number of fused-ring (bicyclic) bond motifs is 1. The van der Waals surface area contributed by atoms with Gasteiger partial charge in [0.05, 0.1) is 0 Å². The van der Waals surface area contributed by atoms with Gasteiger partial charge in [0.15, 0.2) is 11.5 Å². The van der Waals surface area contributed by atoms with E-state index in [1.54, 1.807) is 0 Å². The van der Waals surface area contributed by atoms with Gasteiger partial charge in [-0.25, -0.2) is 0 Å². The topological polar surface area (TPSA) is 30.5 Å². The van der Waals surface area contributed by atoms with Crippen molar-refractivity contribution >= 4 is 0 Å². The second-order valence-electron chi connectivity index (χ2n) is 4.59. The van der Waals surface area contributed by atoms with Crippen LogP contribution in [0.15, 0.2) is 18.2 Å². The van der Waals surface area contributed by atoms with Crippen molar-refractivity contribution in [3.05, 3.63) is 23.8 Å². The average Bonchev–Trinajstić information content (AvgIpc) is 2.77. The van der Waals surface area contributed by atoms with E-state index in [1.165, 1.54) is 24.8 Å². The third-order valence-corrected chi connectivity index (χ3v) is 3.42. The Morgan fingerprint density at radius 2 is 1.94 bits per heavy atom. The first-order chi connectivity index (χ1) is 7.92. The number of ether oxygens (including phenoxy) is 2. The van der Waals surface area contributed by atoms with Crippen LogP contribution < -0.4 is 14.8 Å². The van der Waals surface area contributed by atoms with E-state index < -0.39 is 0 Å². The maximum Gasteiger partial charge on any atom is 0.231 e. The molecule has 16 heavy (non-hydrogen) atoms. The first kappa shape index (κ1) is 9.97. The molecule has 1 aromatic rings. The first-order valence-corrected chi connectivity index (χ1v) is 6.01. The van der Waals surface area contributed by atoms with Crippen LogP contribution in [0.5, 0.6) is 11.5 Å². The Morgan fingerprint density at radius 3 is 2.81 bits per heavy atom. The van der Waals surface area contributed by atoms with Crippen molar-refractivity contribution < 1.29 is 9.47 Å². The zero-order valence-electron chi connectivity index (χ0n) is 9.37. The molecule has 2 aliphatic heterocycles. The Morgan fingerprint density at radius 1 is 1.12 bits per heavy atom. The molecule has 2 aliphatic rings. The number of rotatable bonds is 2. The second kappa shape index (κ2) is 4.34. The van der Waals surface area contributed by atoms with Crippen LogP contribution >= 0.6 is 0 Å². The Hall–Kier alpha value is -1.22. The van der Waals surface area contributed by atoms with Gasteiger partial charge in [-0.2, -0.15) is 0 Å². The highest BCUT2D eigenvalue weighted by molar-refractivity contribution is 5.44. The summed E-state index contributed by atoms with van der Waals surface area (Å²) in [6.45, 7) is 2.69. The fourth-order valence-corrected chi connectivity index (χ4v) is 2.49. The van der Waals surface area contributed by atoms with Crippen LogP contribution in [0.3, 0.4) is 0 Å². The van der Waals surface area contributed by atoms with E-state index in [2.05, 4.69) is 17.4 Å². The molecular weight excluding hydrogens is 202 g/mol. The maximum absolute atomic E-state index is 5.39. The van der Waals surface area contributed by atoms with Gasteiger partial charge < -0.3 is 14.8 Å². The van der Waals surface area contributed by atoms with E-state index in [0.29, 0.717) is 6.79 Å². The van der Waals surface area contributed by atoms with Crippen LogP contribution in [0.1, 0.15) is 18.4 Å². The molecule has 2 heterocycles. The normalized spacial score (nSPS) is 20.0. The second-order valence-corrected chi connectivity index (χ2v) is 4.59. The molecule has 3 heteroatoms. The molecule has 0 saturated carbocycles. The number of nitrogens with one attached hydrogen (secondary N) is 1. The Bertz CT molecular complexity index is 372. The SMILES string of the molecule is c1cc2c(cc1CC1CCNCC1)OCO2. The summed E-state index contributed by atoms with van der Waals surface area (Å²) in [5.41, 5.74) is 1.37. The van der Waals surface area contributed by atoms with E-state index in [-0.39, 0.29) is 0 Å². The van der Waals surface area contributed by atoms with E-state index in [9.17, 15) is 0 Å². The summed E-state index contributed by atoms with van der Waals surface area (Å²) in [5, 5.41) is 3.40. The molecule has 0 atom stereocenters. The van der Waals surface area contributed by atoms with Gasteiger partial charge in [0.1, 0.15) is 0 Å². The fourth-order valence-electron chi connectivity index (χ4n) is 2.49. The highest BCUT2D eigenvalue weighted by Gasteiger charge is 2.17. The Labute approximate surface area is 95.8 Å². The van der Waals surface area contributed by atoms with Gasteiger partial charge in [0, 0.05) is 0 Å². The summed E-state index contributed by atoms with van der Waals surface area (Å²) in [4.78, 5) is 0. The molecule has 0 unspecified atom stereocenters. The van der Waals surface area contributed by atoms with Gasteiger partial charge in [-0.1, -0.05) is 6.07 Å². The van der Waals surface area contributed by atoms with Crippen molar-refractivity contribution in [2.75, 3.05) is 19.9 Å². The number of hydrogen-bond acceptors (Lipinski definition) is 3. The molecule has 86 valence electrons. The Balaban J connectivity index is 1.69. The minimum atomic E-state index is 0.367. The van der Waals surface area contributed by atoms with Gasteiger partial charge >= 0.3 is 0 Å². The van der Waals surface area contributed by atoms with Gasteiger partial charge in [-0.05, 0) is 56.0 Å². The lowest BCUT2D eigenvalue weighted by molar-refractivity contribution is 0.174. The van der Waals surface area contributed by atoms with Crippen molar-refractivity contribution in [2.24, 2.45) is 5.92 Å². The third kappa shape index (κ3) is 2.00. The predicted octanol–water partition coefficient (Wildman–Crippen LogP) is 1.96. The lowest BCUT2D eigenvalue weighted by atomic mass is 9.91. The monoisotopic (exact) mass is 219 g/mol. The Kier molecular flexibility index (Phi) is 2.70. The smallest absolute Gasteiger partial charge is 0.231 e. The minimum absolute atomic E-state index is 0.367. The highest BCUT2D eigenvalue weighted by Crippen LogP contribution is 2.33. The number of piperidine rings is 1. The van der Waals surface area contributed by atoms with Crippen LogP contribution in [-0.4, -0.2) is 19.9 Å². The molecule has 0 aromatic heterocycles. The molecule has 1 N–H and O–H groups in total. The van der Waals surface area contributed by atoms with Crippen LogP contribution in [0.25, 0.3) is 0 Å². The maximum atomic E-state index is 5.39. The minimum Gasteiger partial charge on any atom is -0.454 e. The van der Waals surface area contributed by atoms with Crippen LogP contribution in [0.4, 0.5) is 0 Å². The number of benzene rings is 1. The third-order valence-electron chi connectivity index (χ3n) is 3.42. The summed E-state index contributed by atoms with van der Waals surface area (Å²) < 4.78 is 10.7. The lowest BCUT2D eigenvalue weighted by Crippen LogP contribution is -2.28. The van der Waals surface area contributed by atoms with E-state index in [4.69, 9.17) is 9.47 Å². The molecule has 3 nitrogen and oxygen atoms in total. The van der Waals surface area contributed by atoms with Crippen molar-refractivity contribution in [2.45, 2.75) is 19.3 Å². The molecule has 0 amide bonds. The highest BCUT2D eigenvalue weighted by atomic mass is 16.7. The molecule has 0 spiro atoms. The standard InChI is InChI=1S/C13H17NO2/c1-2-12-13(16-9-15-12)8-11(1)7-10-3-5-14-6-4-10/h1-2,8,10,14H,3-7,9H2. The van der Waals surface area contributed by atoms with Gasteiger partial charge in [-0.3, -0.25) is 0 Å². The molecule has 3 rings (SSSR count). The van der Waals surface area contributed by atoms with Crippen molar-refractivity contribution in [1.82, 2.24) is 5.32 Å². The van der Waals surface area contributed by atoms with Crippen molar-refractivity contribution in [3.63, 3.8) is 0 Å². The van der Waals surface area contributed by atoms with Gasteiger partial charge in [-0.15, -0.1) is 0 Å². The van der Waals surface area contributed by atoms with Crippen LogP contribution in [-0.2, 0) is 6.42 Å². The van der Waals surface area contributed by atoms with E-state index in [0.717, 1.165) is 30.5 Å². The zero-order chi connectivity index (χ0) is 10.8. The average molecular weight is 219 g/mol. The van der Waals surface area contributed by atoms with Crippen molar-refractivity contribution in [3.8, 4) is 11.5 Å². The first-order valence-electron chi connectivity index (χ1n) is 6.01. The van der Waals surface area contributed by atoms with E-state index >= 15 is 0 Å². The largest absolute Gasteiger partial charge is 0.454 e.